The molecule has 0 bridgehead atoms. The third-order valence-corrected chi connectivity index (χ3v) is 2.44. The first-order chi connectivity index (χ1) is 7.33. The average molecular weight is 210 g/mol. The summed E-state index contributed by atoms with van der Waals surface area (Å²) >= 11 is 0. The maximum atomic E-state index is 11.3. The molecule has 0 saturated carbocycles. The SMILES string of the molecule is [CH2]CCNC(=O)OC1CC/C=C\CCC1. The highest BCUT2D eigenvalue weighted by molar-refractivity contribution is 5.67. The van der Waals surface area contributed by atoms with Crippen LogP contribution < -0.4 is 5.32 Å². The van der Waals surface area contributed by atoms with Crippen LogP contribution in [0.4, 0.5) is 4.79 Å². The maximum absolute atomic E-state index is 11.3. The molecular weight excluding hydrogens is 190 g/mol. The van der Waals surface area contributed by atoms with Crippen LogP contribution in [0.25, 0.3) is 0 Å². The van der Waals surface area contributed by atoms with E-state index in [4.69, 9.17) is 4.74 Å². The lowest BCUT2D eigenvalue weighted by Gasteiger charge is -2.18. The number of allylic oxidation sites excluding steroid dienone is 2. The van der Waals surface area contributed by atoms with E-state index in [1.807, 2.05) is 0 Å². The van der Waals surface area contributed by atoms with Crippen molar-refractivity contribution in [2.24, 2.45) is 0 Å². The summed E-state index contributed by atoms with van der Waals surface area (Å²) in [7, 11) is 0. The van der Waals surface area contributed by atoms with Gasteiger partial charge in [0.2, 0.25) is 0 Å². The lowest BCUT2D eigenvalue weighted by atomic mass is 10.0. The first-order valence-corrected chi connectivity index (χ1v) is 5.71. The van der Waals surface area contributed by atoms with E-state index in [9.17, 15) is 4.79 Å². The molecule has 0 fully saturated rings. The van der Waals surface area contributed by atoms with Crippen LogP contribution in [0.3, 0.4) is 0 Å². The summed E-state index contributed by atoms with van der Waals surface area (Å²) in [5.41, 5.74) is 0. The second-order valence-corrected chi connectivity index (χ2v) is 3.79. The molecule has 1 rings (SSSR count). The molecule has 0 aromatic carbocycles. The van der Waals surface area contributed by atoms with Gasteiger partial charge in [-0.15, -0.1) is 0 Å². The van der Waals surface area contributed by atoms with Crippen LogP contribution in [-0.2, 0) is 4.74 Å². The minimum absolute atomic E-state index is 0.0831. The summed E-state index contributed by atoms with van der Waals surface area (Å²) in [6.07, 6.45) is 9.98. The van der Waals surface area contributed by atoms with E-state index >= 15 is 0 Å². The fourth-order valence-corrected chi connectivity index (χ4v) is 1.63. The fraction of sp³-hybridized carbons (Fsp3) is 0.667. The highest BCUT2D eigenvalue weighted by Gasteiger charge is 2.13. The molecule has 1 radical (unpaired) electrons. The highest BCUT2D eigenvalue weighted by Crippen LogP contribution is 2.15. The largest absolute Gasteiger partial charge is 0.446 e. The molecule has 1 aliphatic rings. The summed E-state index contributed by atoms with van der Waals surface area (Å²) in [5.74, 6) is 0. The van der Waals surface area contributed by atoms with Crippen LogP contribution in [-0.4, -0.2) is 18.7 Å². The van der Waals surface area contributed by atoms with Crippen molar-refractivity contribution in [3.05, 3.63) is 19.1 Å². The molecule has 1 N–H and O–H groups in total. The van der Waals surface area contributed by atoms with Gasteiger partial charge in [-0.1, -0.05) is 19.1 Å². The summed E-state index contributed by atoms with van der Waals surface area (Å²) in [6.45, 7) is 4.24. The first kappa shape index (κ1) is 12.1. The van der Waals surface area contributed by atoms with Crippen molar-refractivity contribution in [1.82, 2.24) is 5.32 Å². The zero-order valence-corrected chi connectivity index (χ0v) is 9.21. The van der Waals surface area contributed by atoms with Gasteiger partial charge in [-0.3, -0.25) is 0 Å². The number of nitrogens with one attached hydrogen (secondary N) is 1. The van der Waals surface area contributed by atoms with Crippen LogP contribution in [0.1, 0.15) is 38.5 Å². The molecule has 1 atom stereocenters. The lowest BCUT2D eigenvalue weighted by molar-refractivity contribution is 0.0866. The van der Waals surface area contributed by atoms with Crippen molar-refractivity contribution in [1.29, 1.82) is 0 Å². The molecule has 0 saturated heterocycles. The third kappa shape index (κ3) is 5.45. The van der Waals surface area contributed by atoms with Gasteiger partial charge in [-0.25, -0.2) is 4.79 Å². The molecule has 85 valence electrons. The lowest BCUT2D eigenvalue weighted by Crippen LogP contribution is -2.29. The number of amides is 1. The fourth-order valence-electron chi connectivity index (χ4n) is 1.63. The Balaban J connectivity index is 2.23. The van der Waals surface area contributed by atoms with Crippen LogP contribution >= 0.6 is 0 Å². The molecule has 0 aromatic heterocycles. The molecule has 15 heavy (non-hydrogen) atoms. The van der Waals surface area contributed by atoms with Gasteiger partial charge in [-0.05, 0) is 38.5 Å². The minimum atomic E-state index is -0.298. The van der Waals surface area contributed by atoms with Gasteiger partial charge >= 0.3 is 6.09 Å². The second-order valence-electron chi connectivity index (χ2n) is 3.79. The number of carbonyl (C=O) groups excluding carboxylic acids is 1. The Morgan fingerprint density at radius 2 is 2.20 bits per heavy atom. The Morgan fingerprint density at radius 3 is 3.00 bits per heavy atom. The quantitative estimate of drug-likeness (QED) is 0.727. The topological polar surface area (TPSA) is 38.3 Å². The first-order valence-electron chi connectivity index (χ1n) is 5.71. The summed E-state index contributed by atoms with van der Waals surface area (Å²) in [4.78, 5) is 11.3. The van der Waals surface area contributed by atoms with Gasteiger partial charge in [0.05, 0.1) is 0 Å². The number of hydrogen-bond acceptors (Lipinski definition) is 2. The van der Waals surface area contributed by atoms with Gasteiger partial charge in [0.15, 0.2) is 0 Å². The normalized spacial score (nSPS) is 23.7. The van der Waals surface area contributed by atoms with Gasteiger partial charge in [-0.2, -0.15) is 0 Å². The Bertz CT molecular complexity index is 214. The Kier molecular flexibility index (Phi) is 5.90. The smallest absolute Gasteiger partial charge is 0.407 e. The van der Waals surface area contributed by atoms with E-state index in [0.717, 1.165) is 32.1 Å². The number of alkyl carbamates (subject to hydrolysis) is 1. The molecule has 0 aromatic rings. The molecular formula is C12H20NO2. The van der Waals surface area contributed by atoms with Crippen molar-refractivity contribution >= 4 is 6.09 Å². The molecule has 1 unspecified atom stereocenters. The molecule has 3 nitrogen and oxygen atoms in total. The van der Waals surface area contributed by atoms with Crippen LogP contribution in [0.15, 0.2) is 12.2 Å². The number of rotatable bonds is 3. The van der Waals surface area contributed by atoms with Gasteiger partial charge in [0.25, 0.3) is 0 Å². The van der Waals surface area contributed by atoms with Gasteiger partial charge in [0.1, 0.15) is 6.10 Å². The van der Waals surface area contributed by atoms with Gasteiger partial charge in [0, 0.05) is 6.54 Å². The van der Waals surface area contributed by atoms with E-state index in [2.05, 4.69) is 24.4 Å². The Labute approximate surface area is 91.9 Å². The zero-order chi connectivity index (χ0) is 10.9. The molecule has 0 spiro atoms. The van der Waals surface area contributed by atoms with Crippen molar-refractivity contribution in [3.8, 4) is 0 Å². The van der Waals surface area contributed by atoms with E-state index in [0.29, 0.717) is 13.0 Å². The van der Waals surface area contributed by atoms with Crippen molar-refractivity contribution in [3.63, 3.8) is 0 Å². The number of hydrogen-bond donors (Lipinski definition) is 1. The van der Waals surface area contributed by atoms with Gasteiger partial charge < -0.3 is 10.1 Å². The maximum Gasteiger partial charge on any atom is 0.407 e. The van der Waals surface area contributed by atoms with Crippen molar-refractivity contribution < 1.29 is 9.53 Å². The summed E-state index contributed by atoms with van der Waals surface area (Å²) in [6, 6.07) is 0. The van der Waals surface area contributed by atoms with E-state index in [1.165, 1.54) is 0 Å². The Hall–Kier alpha value is -0.990. The average Bonchev–Trinajstić information content (AvgIpc) is 2.19. The standard InChI is InChI=1S/C12H20NO2/c1-2-10-13-12(14)15-11-8-6-4-3-5-7-9-11/h3-4,11H,1-2,5-10H2,(H,13,14)/b4-3-. The highest BCUT2D eigenvalue weighted by atomic mass is 16.6. The van der Waals surface area contributed by atoms with Crippen molar-refractivity contribution in [2.75, 3.05) is 6.54 Å². The van der Waals surface area contributed by atoms with Crippen LogP contribution in [0.2, 0.25) is 0 Å². The minimum Gasteiger partial charge on any atom is -0.446 e. The third-order valence-electron chi connectivity index (χ3n) is 2.44. The van der Waals surface area contributed by atoms with Crippen LogP contribution in [0, 0.1) is 6.92 Å². The van der Waals surface area contributed by atoms with E-state index < -0.39 is 0 Å². The second kappa shape index (κ2) is 7.32. The van der Waals surface area contributed by atoms with Crippen molar-refractivity contribution in [2.45, 2.75) is 44.6 Å². The zero-order valence-electron chi connectivity index (χ0n) is 9.21. The predicted octanol–water partition coefficient (Wildman–Crippen LogP) is 2.83. The Morgan fingerprint density at radius 1 is 1.40 bits per heavy atom. The molecule has 1 amide bonds. The number of carbonyl (C=O) groups is 1. The number of ether oxygens (including phenoxy) is 1. The van der Waals surface area contributed by atoms with E-state index in [1.54, 1.807) is 0 Å². The predicted molar refractivity (Wildman–Crippen MR) is 60.5 cm³/mol. The molecule has 1 aliphatic carbocycles. The summed E-state index contributed by atoms with van der Waals surface area (Å²) < 4.78 is 5.32. The molecule has 0 heterocycles. The van der Waals surface area contributed by atoms with E-state index in [-0.39, 0.29) is 12.2 Å². The monoisotopic (exact) mass is 210 g/mol. The molecule has 0 aliphatic heterocycles. The summed E-state index contributed by atoms with van der Waals surface area (Å²) in [5, 5.41) is 2.67. The molecule has 3 heteroatoms. The van der Waals surface area contributed by atoms with Crippen LogP contribution in [0.5, 0.6) is 0 Å².